The van der Waals surface area contributed by atoms with Gasteiger partial charge in [-0.3, -0.25) is 10.1 Å². The smallest absolute Gasteiger partial charge is 0.353 e. The van der Waals surface area contributed by atoms with Gasteiger partial charge in [0.2, 0.25) is 11.6 Å². The normalized spacial score (nSPS) is 23.5. The highest BCUT2D eigenvalue weighted by atomic mass is 16.6. The van der Waals surface area contributed by atoms with E-state index in [1.54, 1.807) is 0 Å². The minimum Gasteiger partial charge on any atom is -0.372 e. The molecule has 1 aliphatic heterocycles. The van der Waals surface area contributed by atoms with E-state index in [9.17, 15) is 10.1 Å². The molecule has 1 aliphatic carbocycles. The molecule has 2 unspecified atom stereocenters. The average molecular weight is 361 g/mol. The maximum absolute atomic E-state index is 11.7. The van der Waals surface area contributed by atoms with Gasteiger partial charge in [0.05, 0.1) is 17.1 Å². The summed E-state index contributed by atoms with van der Waals surface area (Å²) in [5.74, 6) is 0.662. The summed E-state index contributed by atoms with van der Waals surface area (Å²) in [5.41, 5.74) is 1.38. The summed E-state index contributed by atoms with van der Waals surface area (Å²) in [4.78, 5) is 21.6. The van der Waals surface area contributed by atoms with Gasteiger partial charge in [0, 0.05) is 19.6 Å². The van der Waals surface area contributed by atoms with Crippen molar-refractivity contribution in [3.63, 3.8) is 0 Å². The van der Waals surface area contributed by atoms with Gasteiger partial charge in [0.15, 0.2) is 0 Å². The van der Waals surface area contributed by atoms with Gasteiger partial charge in [-0.05, 0) is 46.0 Å². The zero-order valence-electron chi connectivity index (χ0n) is 15.5. The van der Waals surface area contributed by atoms with Crippen molar-refractivity contribution in [2.24, 2.45) is 0 Å². The summed E-state index contributed by atoms with van der Waals surface area (Å²) in [7, 11) is 0. The van der Waals surface area contributed by atoms with Gasteiger partial charge in [-0.1, -0.05) is 11.6 Å². The number of ether oxygens (including phenoxy) is 1. The van der Waals surface area contributed by atoms with Gasteiger partial charge in [-0.15, -0.1) is 0 Å². The first-order valence-electron chi connectivity index (χ1n) is 9.36. The Hall–Kier alpha value is -2.22. The minimum absolute atomic E-state index is 0.00275. The molecule has 0 aromatic carbocycles. The van der Waals surface area contributed by atoms with Crippen LogP contribution < -0.4 is 10.2 Å². The van der Waals surface area contributed by atoms with Gasteiger partial charge in [-0.25, -0.2) is 9.97 Å². The van der Waals surface area contributed by atoms with Crippen molar-refractivity contribution in [1.29, 1.82) is 0 Å². The highest BCUT2D eigenvalue weighted by molar-refractivity contribution is 5.70. The van der Waals surface area contributed by atoms with Crippen molar-refractivity contribution in [1.82, 2.24) is 9.97 Å². The molecule has 2 aliphatic rings. The predicted molar refractivity (Wildman–Crippen MR) is 101 cm³/mol. The monoisotopic (exact) mass is 361 g/mol. The lowest BCUT2D eigenvalue weighted by molar-refractivity contribution is -0.383. The number of aromatic nitrogens is 2. The number of morpholine rings is 1. The van der Waals surface area contributed by atoms with Crippen LogP contribution in [0.2, 0.25) is 0 Å². The summed E-state index contributed by atoms with van der Waals surface area (Å²) in [5, 5.41) is 14.9. The molecule has 0 amide bonds. The molecule has 1 saturated heterocycles. The van der Waals surface area contributed by atoms with Crippen molar-refractivity contribution >= 4 is 17.3 Å². The fraction of sp³-hybridized carbons (Fsp3) is 0.667. The highest BCUT2D eigenvalue weighted by Gasteiger charge is 2.31. The summed E-state index contributed by atoms with van der Waals surface area (Å²) >= 11 is 0. The van der Waals surface area contributed by atoms with Crippen molar-refractivity contribution in [2.45, 2.75) is 58.2 Å². The van der Waals surface area contributed by atoms with E-state index in [1.165, 1.54) is 24.7 Å². The zero-order chi connectivity index (χ0) is 18.5. The van der Waals surface area contributed by atoms with Gasteiger partial charge in [-0.2, -0.15) is 0 Å². The quantitative estimate of drug-likeness (QED) is 0.472. The first-order valence-corrected chi connectivity index (χ1v) is 9.36. The van der Waals surface area contributed by atoms with E-state index in [1.807, 2.05) is 18.7 Å². The number of hydrogen-bond donors (Lipinski definition) is 1. The van der Waals surface area contributed by atoms with Gasteiger partial charge >= 0.3 is 5.69 Å². The van der Waals surface area contributed by atoms with Crippen molar-refractivity contribution < 1.29 is 9.66 Å². The fourth-order valence-corrected chi connectivity index (χ4v) is 3.72. The molecule has 2 heterocycles. The second kappa shape index (κ2) is 8.44. The Morgan fingerprint density at radius 1 is 1.31 bits per heavy atom. The van der Waals surface area contributed by atoms with Crippen molar-refractivity contribution in [3.05, 3.63) is 28.1 Å². The van der Waals surface area contributed by atoms with Crippen LogP contribution in [0.5, 0.6) is 0 Å². The van der Waals surface area contributed by atoms with Crippen LogP contribution >= 0.6 is 0 Å². The Balaban J connectivity index is 1.75. The van der Waals surface area contributed by atoms with Gasteiger partial charge in [0.1, 0.15) is 6.33 Å². The van der Waals surface area contributed by atoms with Crippen LogP contribution in [0, 0.1) is 10.1 Å². The Kier molecular flexibility index (Phi) is 6.03. The van der Waals surface area contributed by atoms with Crippen LogP contribution in [0.3, 0.4) is 0 Å². The van der Waals surface area contributed by atoms with E-state index in [0.29, 0.717) is 31.3 Å². The number of anilines is 2. The van der Waals surface area contributed by atoms with Gasteiger partial charge < -0.3 is 15.0 Å². The van der Waals surface area contributed by atoms with E-state index < -0.39 is 0 Å². The summed E-state index contributed by atoms with van der Waals surface area (Å²) in [6, 6.07) is 0. The molecule has 0 bridgehead atoms. The van der Waals surface area contributed by atoms with E-state index >= 15 is 0 Å². The lowest BCUT2D eigenvalue weighted by atomic mass is 9.97. The molecule has 1 fully saturated rings. The molecule has 3 rings (SSSR count). The Bertz CT molecular complexity index is 669. The van der Waals surface area contributed by atoms with Crippen LogP contribution in [0.25, 0.3) is 0 Å². The number of allylic oxidation sites excluding steroid dienone is 1. The zero-order valence-corrected chi connectivity index (χ0v) is 15.5. The number of rotatable bonds is 6. The van der Waals surface area contributed by atoms with Crippen molar-refractivity contribution in [3.8, 4) is 0 Å². The third-order valence-electron chi connectivity index (χ3n) is 4.83. The molecular weight excluding hydrogens is 334 g/mol. The Morgan fingerprint density at radius 2 is 2.08 bits per heavy atom. The molecule has 0 radical (unpaired) electrons. The molecule has 8 heteroatoms. The number of hydrogen-bond acceptors (Lipinski definition) is 7. The molecule has 8 nitrogen and oxygen atoms in total. The van der Waals surface area contributed by atoms with E-state index in [-0.39, 0.29) is 22.8 Å². The van der Waals surface area contributed by atoms with Crippen LogP contribution in [-0.2, 0) is 4.74 Å². The maximum atomic E-state index is 11.7. The van der Waals surface area contributed by atoms with Crippen LogP contribution in [0.1, 0.15) is 46.0 Å². The summed E-state index contributed by atoms with van der Waals surface area (Å²) in [6.07, 6.45) is 9.35. The predicted octanol–water partition coefficient (Wildman–Crippen LogP) is 3.30. The van der Waals surface area contributed by atoms with Crippen LogP contribution in [0.15, 0.2) is 18.0 Å². The molecule has 1 aromatic rings. The summed E-state index contributed by atoms with van der Waals surface area (Å²) in [6.45, 7) is 5.72. The van der Waals surface area contributed by atoms with Gasteiger partial charge in [0.25, 0.3) is 0 Å². The van der Waals surface area contributed by atoms with E-state index in [0.717, 1.165) is 19.3 Å². The first kappa shape index (κ1) is 18.6. The first-order chi connectivity index (χ1) is 12.5. The molecule has 1 aromatic heterocycles. The minimum atomic E-state index is -0.387. The number of nitrogens with one attached hydrogen (secondary N) is 1. The topological polar surface area (TPSA) is 93.4 Å². The van der Waals surface area contributed by atoms with E-state index in [4.69, 9.17) is 4.74 Å². The second-order valence-electron chi connectivity index (χ2n) is 7.10. The van der Waals surface area contributed by atoms with Crippen molar-refractivity contribution in [2.75, 3.05) is 29.9 Å². The SMILES string of the molecule is CC1CN(c2ncnc(NCCC3=CCCCC3)c2[N+](=O)[O-])CC(C)O1. The molecule has 0 saturated carbocycles. The highest BCUT2D eigenvalue weighted by Crippen LogP contribution is 2.33. The molecular formula is C18H27N5O3. The van der Waals surface area contributed by atoms with Crippen LogP contribution in [-0.4, -0.2) is 46.7 Å². The standard InChI is InChI=1S/C18H27N5O3/c1-13-10-22(11-14(2)26-13)18-16(23(24)25)17(20-12-21-18)19-9-8-15-6-4-3-5-7-15/h6,12-14H,3-5,7-11H2,1-2H3,(H,19,20,21). The largest absolute Gasteiger partial charge is 0.372 e. The molecule has 0 spiro atoms. The van der Waals surface area contributed by atoms with Crippen LogP contribution in [0.4, 0.5) is 17.3 Å². The lowest BCUT2D eigenvalue weighted by Gasteiger charge is -2.35. The third-order valence-corrected chi connectivity index (χ3v) is 4.83. The third kappa shape index (κ3) is 4.49. The average Bonchev–Trinajstić information content (AvgIpc) is 2.61. The fourth-order valence-electron chi connectivity index (χ4n) is 3.72. The Labute approximate surface area is 153 Å². The van der Waals surface area contributed by atoms with E-state index in [2.05, 4.69) is 21.4 Å². The number of nitrogens with zero attached hydrogens (tertiary/aromatic N) is 4. The second-order valence-corrected chi connectivity index (χ2v) is 7.10. The number of nitro groups is 1. The summed E-state index contributed by atoms with van der Waals surface area (Å²) < 4.78 is 5.72. The Morgan fingerprint density at radius 3 is 2.73 bits per heavy atom. The molecule has 2 atom stereocenters. The molecule has 26 heavy (non-hydrogen) atoms. The molecule has 142 valence electrons. The lowest BCUT2D eigenvalue weighted by Crippen LogP contribution is -2.46. The molecule has 1 N–H and O–H groups in total. The maximum Gasteiger partial charge on any atom is 0.353 e.